The van der Waals surface area contributed by atoms with E-state index in [-0.39, 0.29) is 18.2 Å². The second-order valence-electron chi connectivity index (χ2n) is 6.47. The number of ether oxygens (including phenoxy) is 1. The summed E-state index contributed by atoms with van der Waals surface area (Å²) in [5.41, 5.74) is -2.18. The fourth-order valence-corrected chi connectivity index (χ4v) is 3.15. The van der Waals surface area contributed by atoms with Crippen molar-refractivity contribution < 1.29 is 27.1 Å². The van der Waals surface area contributed by atoms with Crippen LogP contribution in [0.4, 0.5) is 29.2 Å². The number of halogens is 5. The fraction of sp³-hybridized carbons (Fsp3) is 0.389. The number of aromatic nitrogens is 2. The average Bonchev–Trinajstić information content (AvgIpc) is 2.68. The first-order chi connectivity index (χ1) is 13.7. The summed E-state index contributed by atoms with van der Waals surface area (Å²) in [7, 11) is 0. The zero-order valence-electron chi connectivity index (χ0n) is 15.0. The average molecular weight is 477 g/mol. The maximum Gasteiger partial charge on any atom is 0.434 e. The monoisotopic (exact) mass is 476 g/mol. The third-order valence-corrected chi connectivity index (χ3v) is 4.86. The molecule has 156 valence electrons. The highest BCUT2D eigenvalue weighted by Gasteiger charge is 2.38. The van der Waals surface area contributed by atoms with Crippen LogP contribution < -0.4 is 10.6 Å². The summed E-state index contributed by atoms with van der Waals surface area (Å²) in [5, 5.41) is 4.90. The van der Waals surface area contributed by atoms with E-state index in [1.54, 1.807) is 0 Å². The molecule has 1 amide bonds. The van der Waals surface area contributed by atoms with Crippen LogP contribution in [-0.2, 0) is 10.9 Å². The van der Waals surface area contributed by atoms with Crippen molar-refractivity contribution in [3.05, 3.63) is 45.9 Å². The molecule has 6 nitrogen and oxygen atoms in total. The first-order valence-corrected chi connectivity index (χ1v) is 9.55. The van der Waals surface area contributed by atoms with Gasteiger partial charge in [0.05, 0.1) is 11.3 Å². The second kappa shape index (κ2) is 9.04. The minimum atomic E-state index is -4.89. The van der Waals surface area contributed by atoms with Crippen molar-refractivity contribution in [3.63, 3.8) is 0 Å². The van der Waals surface area contributed by atoms with Crippen LogP contribution in [0.2, 0.25) is 0 Å². The number of carbonyl (C=O) groups excluding carboxylic acids is 1. The van der Waals surface area contributed by atoms with E-state index < -0.39 is 35.1 Å². The first kappa shape index (κ1) is 21.4. The molecule has 0 saturated carbocycles. The van der Waals surface area contributed by atoms with Crippen LogP contribution in [0.3, 0.4) is 0 Å². The molecule has 29 heavy (non-hydrogen) atoms. The zero-order valence-corrected chi connectivity index (χ0v) is 16.6. The van der Waals surface area contributed by atoms with Gasteiger partial charge < -0.3 is 15.4 Å². The lowest BCUT2D eigenvalue weighted by Gasteiger charge is -2.22. The predicted octanol–water partition coefficient (Wildman–Crippen LogP) is 4.30. The van der Waals surface area contributed by atoms with Crippen LogP contribution in [0.5, 0.6) is 0 Å². The lowest BCUT2D eigenvalue weighted by atomic mass is 10.0. The van der Waals surface area contributed by atoms with Crippen LogP contribution in [0.1, 0.15) is 28.9 Å². The van der Waals surface area contributed by atoms with Crippen molar-refractivity contribution in [3.8, 4) is 0 Å². The summed E-state index contributed by atoms with van der Waals surface area (Å²) in [5.74, 6) is -1.94. The molecule has 0 atom stereocenters. The van der Waals surface area contributed by atoms with E-state index in [0.29, 0.717) is 17.7 Å². The van der Waals surface area contributed by atoms with Gasteiger partial charge in [0.1, 0.15) is 5.82 Å². The Hall–Kier alpha value is -2.27. The Morgan fingerprint density at radius 2 is 2.00 bits per heavy atom. The fourth-order valence-electron chi connectivity index (χ4n) is 2.82. The van der Waals surface area contributed by atoms with Gasteiger partial charge in [-0.25, -0.2) is 14.4 Å². The molecule has 1 aromatic carbocycles. The molecule has 11 heteroatoms. The lowest BCUT2D eigenvalue weighted by molar-refractivity contribution is -0.141. The quantitative estimate of drug-likeness (QED) is 0.629. The molecular formula is C18H17BrF4N4O2. The van der Waals surface area contributed by atoms with Crippen LogP contribution in [0.25, 0.3) is 0 Å². The first-order valence-electron chi connectivity index (χ1n) is 8.76. The van der Waals surface area contributed by atoms with Crippen LogP contribution in [0.15, 0.2) is 28.9 Å². The lowest BCUT2D eigenvalue weighted by Crippen LogP contribution is -2.33. The normalized spacial score (nSPS) is 15.2. The van der Waals surface area contributed by atoms with Crippen LogP contribution in [-0.4, -0.2) is 35.6 Å². The van der Waals surface area contributed by atoms with Gasteiger partial charge in [-0.15, -0.1) is 0 Å². The van der Waals surface area contributed by atoms with Gasteiger partial charge in [-0.2, -0.15) is 13.2 Å². The van der Waals surface area contributed by atoms with E-state index in [1.165, 1.54) is 12.1 Å². The number of hydrogen-bond donors (Lipinski definition) is 2. The van der Waals surface area contributed by atoms with Gasteiger partial charge in [0.15, 0.2) is 5.69 Å². The largest absolute Gasteiger partial charge is 0.434 e. The minimum Gasteiger partial charge on any atom is -0.381 e. The number of hydrogen-bond acceptors (Lipinski definition) is 5. The van der Waals surface area contributed by atoms with Crippen molar-refractivity contribution in [2.24, 2.45) is 5.92 Å². The molecule has 0 bridgehead atoms. The molecule has 2 aromatic rings. The van der Waals surface area contributed by atoms with E-state index in [1.807, 2.05) is 0 Å². The summed E-state index contributed by atoms with van der Waals surface area (Å²) in [6.45, 7) is 1.36. The Bertz CT molecular complexity index is 889. The molecule has 1 aromatic heterocycles. The molecule has 2 N–H and O–H groups in total. The van der Waals surface area contributed by atoms with E-state index in [4.69, 9.17) is 4.74 Å². The molecule has 0 radical (unpaired) electrons. The smallest absolute Gasteiger partial charge is 0.381 e. The van der Waals surface area contributed by atoms with Gasteiger partial charge in [0.2, 0.25) is 5.95 Å². The number of rotatable bonds is 5. The predicted molar refractivity (Wildman–Crippen MR) is 100 cm³/mol. The highest BCUT2D eigenvalue weighted by molar-refractivity contribution is 9.10. The topological polar surface area (TPSA) is 76.1 Å². The highest BCUT2D eigenvalue weighted by Crippen LogP contribution is 2.31. The minimum absolute atomic E-state index is 0.0990. The number of carbonyl (C=O) groups is 1. The van der Waals surface area contributed by atoms with Crippen molar-refractivity contribution in [1.82, 2.24) is 15.3 Å². The van der Waals surface area contributed by atoms with Crippen LogP contribution in [0, 0.1) is 11.7 Å². The third-order valence-electron chi connectivity index (χ3n) is 4.37. The van der Waals surface area contributed by atoms with Gasteiger partial charge in [-0.3, -0.25) is 4.79 Å². The number of alkyl halides is 3. The Kier molecular flexibility index (Phi) is 6.68. The standard InChI is InChI=1S/C18H17BrF4N4O2/c19-11-1-2-14(13(20)7-11)26-17-25-9-12(15(27-17)18(21,22)23)16(28)24-8-10-3-5-29-6-4-10/h1-2,7,9-10H,3-6,8H2,(H,24,28)(H,25,26,27). The molecule has 1 saturated heterocycles. The van der Waals surface area contributed by atoms with Gasteiger partial charge in [0, 0.05) is 30.4 Å². The number of benzene rings is 1. The van der Waals surface area contributed by atoms with Crippen LogP contribution >= 0.6 is 15.9 Å². The Balaban J connectivity index is 1.79. The number of nitrogens with zero attached hydrogens (tertiary/aromatic N) is 2. The molecular weight excluding hydrogens is 460 g/mol. The third kappa shape index (κ3) is 5.63. The van der Waals surface area contributed by atoms with E-state index in [2.05, 4.69) is 36.5 Å². The van der Waals surface area contributed by atoms with Gasteiger partial charge >= 0.3 is 6.18 Å². The van der Waals surface area contributed by atoms with E-state index in [0.717, 1.165) is 25.1 Å². The molecule has 1 fully saturated rings. The maximum atomic E-state index is 13.9. The Morgan fingerprint density at radius 3 is 2.66 bits per heavy atom. The second-order valence-corrected chi connectivity index (χ2v) is 7.38. The SMILES string of the molecule is O=C(NCC1CCOCC1)c1cnc(Nc2ccc(Br)cc2F)nc1C(F)(F)F. The maximum absolute atomic E-state index is 13.9. The van der Waals surface area contributed by atoms with Crippen molar-refractivity contribution in [2.75, 3.05) is 25.1 Å². The van der Waals surface area contributed by atoms with E-state index >= 15 is 0 Å². The molecule has 1 aliphatic rings. The number of amides is 1. The summed E-state index contributed by atoms with van der Waals surface area (Å²) in [6, 6.07) is 3.98. The molecule has 1 aliphatic heterocycles. The summed E-state index contributed by atoms with van der Waals surface area (Å²) in [4.78, 5) is 19.5. The molecule has 0 spiro atoms. The van der Waals surface area contributed by atoms with Crippen molar-refractivity contribution >= 4 is 33.5 Å². The van der Waals surface area contributed by atoms with E-state index in [9.17, 15) is 22.4 Å². The summed E-state index contributed by atoms with van der Waals surface area (Å²) >= 11 is 3.09. The van der Waals surface area contributed by atoms with Gasteiger partial charge in [-0.1, -0.05) is 15.9 Å². The number of nitrogens with one attached hydrogen (secondary N) is 2. The van der Waals surface area contributed by atoms with Gasteiger partial charge in [-0.05, 0) is 37.0 Å². The molecule has 3 rings (SSSR count). The van der Waals surface area contributed by atoms with Gasteiger partial charge in [0.25, 0.3) is 5.91 Å². The zero-order chi connectivity index (χ0) is 21.0. The Labute approximate surface area is 172 Å². The molecule has 2 heterocycles. The van der Waals surface area contributed by atoms with Crippen molar-refractivity contribution in [2.45, 2.75) is 19.0 Å². The Morgan fingerprint density at radius 1 is 1.28 bits per heavy atom. The molecule has 0 aliphatic carbocycles. The van der Waals surface area contributed by atoms with Crippen molar-refractivity contribution in [1.29, 1.82) is 0 Å². The molecule has 0 unspecified atom stereocenters. The summed E-state index contributed by atoms with van der Waals surface area (Å²) < 4.78 is 60.0. The number of anilines is 2. The highest BCUT2D eigenvalue weighted by atomic mass is 79.9. The summed E-state index contributed by atoms with van der Waals surface area (Å²) in [6.07, 6.45) is -2.65.